The van der Waals surface area contributed by atoms with Gasteiger partial charge in [-0.2, -0.15) is 4.99 Å². The molecule has 1 N–H and O–H groups in total. The SMILES string of the molecule is CC(=CC(C)N=C=O)C(=O)O. The highest BCUT2D eigenvalue weighted by Gasteiger charge is 2.01. The molecule has 0 heterocycles. The highest BCUT2D eigenvalue weighted by Crippen LogP contribution is 1.98. The lowest BCUT2D eigenvalue weighted by molar-refractivity contribution is -0.132. The van der Waals surface area contributed by atoms with Crippen molar-refractivity contribution in [1.29, 1.82) is 0 Å². The molecule has 4 nitrogen and oxygen atoms in total. The minimum atomic E-state index is -1.00. The number of aliphatic carboxylic acids is 1. The van der Waals surface area contributed by atoms with Crippen LogP contribution in [0.25, 0.3) is 0 Å². The van der Waals surface area contributed by atoms with E-state index < -0.39 is 12.0 Å². The molecular formula is C7H9NO3. The number of hydrogen-bond acceptors (Lipinski definition) is 3. The van der Waals surface area contributed by atoms with Crippen molar-refractivity contribution in [2.45, 2.75) is 19.9 Å². The van der Waals surface area contributed by atoms with E-state index in [1.807, 2.05) is 0 Å². The second-order valence-electron chi connectivity index (χ2n) is 2.12. The summed E-state index contributed by atoms with van der Waals surface area (Å²) in [6, 6.07) is -0.413. The zero-order chi connectivity index (χ0) is 8.85. The molecule has 0 fully saturated rings. The fourth-order valence-electron chi connectivity index (χ4n) is 0.553. The van der Waals surface area contributed by atoms with Crippen LogP contribution in [-0.4, -0.2) is 23.2 Å². The van der Waals surface area contributed by atoms with Gasteiger partial charge >= 0.3 is 5.97 Å². The lowest BCUT2D eigenvalue weighted by Crippen LogP contribution is -2.00. The van der Waals surface area contributed by atoms with Crippen molar-refractivity contribution in [3.05, 3.63) is 11.6 Å². The second-order valence-corrected chi connectivity index (χ2v) is 2.12. The molecule has 0 rings (SSSR count). The maximum atomic E-state index is 10.2. The Kier molecular flexibility index (Phi) is 3.85. The van der Waals surface area contributed by atoms with Gasteiger partial charge in [0.1, 0.15) is 0 Å². The van der Waals surface area contributed by atoms with Crippen molar-refractivity contribution in [3.63, 3.8) is 0 Å². The average molecular weight is 155 g/mol. The lowest BCUT2D eigenvalue weighted by Gasteiger charge is -1.95. The third-order valence-corrected chi connectivity index (χ3v) is 1.08. The van der Waals surface area contributed by atoms with Gasteiger partial charge in [0.2, 0.25) is 6.08 Å². The van der Waals surface area contributed by atoms with Crippen molar-refractivity contribution in [2.24, 2.45) is 4.99 Å². The predicted molar refractivity (Wildman–Crippen MR) is 39.0 cm³/mol. The van der Waals surface area contributed by atoms with Crippen molar-refractivity contribution >= 4 is 12.0 Å². The molecule has 0 aromatic carbocycles. The third-order valence-electron chi connectivity index (χ3n) is 1.08. The Morgan fingerprint density at radius 3 is 2.64 bits per heavy atom. The molecule has 0 radical (unpaired) electrons. The fourth-order valence-corrected chi connectivity index (χ4v) is 0.553. The van der Waals surface area contributed by atoms with Crippen LogP contribution in [0.1, 0.15) is 13.8 Å². The monoisotopic (exact) mass is 155 g/mol. The van der Waals surface area contributed by atoms with Gasteiger partial charge in [0.25, 0.3) is 0 Å². The standard InChI is InChI=1S/C7H9NO3/c1-5(7(10)11)3-6(2)8-4-9/h3,6H,1-2H3,(H,10,11). The Labute approximate surface area is 64.3 Å². The van der Waals surface area contributed by atoms with Gasteiger partial charge in [-0.15, -0.1) is 0 Å². The highest BCUT2D eigenvalue weighted by atomic mass is 16.4. The van der Waals surface area contributed by atoms with Gasteiger partial charge in [-0.05, 0) is 19.9 Å². The van der Waals surface area contributed by atoms with Crippen molar-refractivity contribution in [1.82, 2.24) is 0 Å². The molecule has 0 aliphatic carbocycles. The molecule has 0 aliphatic heterocycles. The summed E-state index contributed by atoms with van der Waals surface area (Å²) in [6.07, 6.45) is 2.73. The number of isocyanates is 1. The summed E-state index contributed by atoms with van der Waals surface area (Å²) in [7, 11) is 0. The van der Waals surface area contributed by atoms with E-state index in [1.54, 1.807) is 6.92 Å². The molecule has 60 valence electrons. The molecule has 0 bridgehead atoms. The first-order valence-electron chi connectivity index (χ1n) is 3.06. The topological polar surface area (TPSA) is 66.7 Å². The summed E-state index contributed by atoms with van der Waals surface area (Å²) in [5, 5.41) is 8.39. The molecule has 1 atom stereocenters. The highest BCUT2D eigenvalue weighted by molar-refractivity contribution is 5.85. The van der Waals surface area contributed by atoms with Crippen LogP contribution < -0.4 is 0 Å². The summed E-state index contributed by atoms with van der Waals surface area (Å²) in [5.41, 5.74) is 0.177. The van der Waals surface area contributed by atoms with Crippen molar-refractivity contribution in [3.8, 4) is 0 Å². The molecule has 0 amide bonds. The number of carbonyl (C=O) groups is 1. The largest absolute Gasteiger partial charge is 0.478 e. The number of carboxylic acids is 1. The first kappa shape index (κ1) is 9.59. The summed E-state index contributed by atoms with van der Waals surface area (Å²) in [4.78, 5) is 23.2. The summed E-state index contributed by atoms with van der Waals surface area (Å²) >= 11 is 0. The van der Waals surface area contributed by atoms with Crippen LogP contribution in [0.15, 0.2) is 16.6 Å². The summed E-state index contributed by atoms with van der Waals surface area (Å²) < 4.78 is 0. The summed E-state index contributed by atoms with van der Waals surface area (Å²) in [6.45, 7) is 3.05. The molecule has 11 heavy (non-hydrogen) atoms. The normalized spacial score (nSPS) is 13.5. The number of hydrogen-bond donors (Lipinski definition) is 1. The molecule has 1 unspecified atom stereocenters. The third kappa shape index (κ3) is 4.06. The molecular weight excluding hydrogens is 146 g/mol. The van der Waals surface area contributed by atoms with E-state index in [9.17, 15) is 9.59 Å². The zero-order valence-corrected chi connectivity index (χ0v) is 6.37. The predicted octanol–water partition coefficient (Wildman–Crippen LogP) is 0.742. The van der Waals surface area contributed by atoms with E-state index in [0.29, 0.717) is 0 Å². The number of carbonyl (C=O) groups excluding carboxylic acids is 1. The van der Waals surface area contributed by atoms with Gasteiger partial charge in [-0.25, -0.2) is 9.59 Å². The van der Waals surface area contributed by atoms with Crippen LogP contribution >= 0.6 is 0 Å². The Balaban J connectivity index is 4.29. The Bertz CT molecular complexity index is 226. The molecule has 0 aromatic heterocycles. The molecule has 0 aromatic rings. The van der Waals surface area contributed by atoms with Crippen LogP contribution in [0.5, 0.6) is 0 Å². The molecule has 0 aliphatic rings. The minimum absolute atomic E-state index is 0.177. The van der Waals surface area contributed by atoms with E-state index in [2.05, 4.69) is 4.99 Å². The second kappa shape index (κ2) is 4.41. The summed E-state index contributed by atoms with van der Waals surface area (Å²) in [5.74, 6) is -1.00. The van der Waals surface area contributed by atoms with Gasteiger partial charge < -0.3 is 5.11 Å². The van der Waals surface area contributed by atoms with Crippen LogP contribution in [0.2, 0.25) is 0 Å². The van der Waals surface area contributed by atoms with Gasteiger partial charge in [0.05, 0.1) is 6.04 Å². The fraction of sp³-hybridized carbons (Fsp3) is 0.429. The molecule has 0 saturated heterocycles. The number of carboxylic acid groups (broad SMARTS) is 1. The average Bonchev–Trinajstić information content (AvgIpc) is 1.87. The Morgan fingerprint density at radius 2 is 2.27 bits per heavy atom. The number of rotatable bonds is 3. The van der Waals surface area contributed by atoms with E-state index in [1.165, 1.54) is 19.1 Å². The van der Waals surface area contributed by atoms with Gasteiger partial charge in [-0.1, -0.05) is 0 Å². The first-order valence-corrected chi connectivity index (χ1v) is 3.06. The van der Waals surface area contributed by atoms with E-state index in [0.717, 1.165) is 0 Å². The van der Waals surface area contributed by atoms with Crippen LogP contribution in [0.3, 0.4) is 0 Å². The quantitative estimate of drug-likeness (QED) is 0.371. The molecule has 0 saturated carbocycles. The van der Waals surface area contributed by atoms with Gasteiger partial charge in [-0.3, -0.25) is 0 Å². The minimum Gasteiger partial charge on any atom is -0.478 e. The van der Waals surface area contributed by atoms with Crippen molar-refractivity contribution in [2.75, 3.05) is 0 Å². The number of aliphatic imine (C=N–C) groups is 1. The van der Waals surface area contributed by atoms with Gasteiger partial charge in [0, 0.05) is 5.57 Å². The maximum Gasteiger partial charge on any atom is 0.331 e. The van der Waals surface area contributed by atoms with E-state index in [4.69, 9.17) is 5.11 Å². The Hall–Kier alpha value is -1.41. The van der Waals surface area contributed by atoms with Crippen LogP contribution in [0.4, 0.5) is 0 Å². The Morgan fingerprint density at radius 1 is 1.73 bits per heavy atom. The first-order chi connectivity index (χ1) is 5.07. The smallest absolute Gasteiger partial charge is 0.331 e. The van der Waals surface area contributed by atoms with Crippen LogP contribution in [-0.2, 0) is 9.59 Å². The lowest BCUT2D eigenvalue weighted by atomic mass is 10.2. The molecule has 0 spiro atoms. The molecule has 4 heteroatoms. The number of nitrogens with zero attached hydrogens (tertiary/aromatic N) is 1. The van der Waals surface area contributed by atoms with E-state index >= 15 is 0 Å². The van der Waals surface area contributed by atoms with E-state index in [-0.39, 0.29) is 5.57 Å². The zero-order valence-electron chi connectivity index (χ0n) is 6.37. The van der Waals surface area contributed by atoms with Crippen molar-refractivity contribution < 1.29 is 14.7 Å². The van der Waals surface area contributed by atoms with Crippen LogP contribution in [0, 0.1) is 0 Å². The maximum absolute atomic E-state index is 10.2. The van der Waals surface area contributed by atoms with Gasteiger partial charge in [0.15, 0.2) is 0 Å².